The van der Waals surface area contributed by atoms with Gasteiger partial charge in [0, 0.05) is 33.9 Å². The van der Waals surface area contributed by atoms with Gasteiger partial charge in [-0.3, -0.25) is 4.99 Å². The van der Waals surface area contributed by atoms with Crippen LogP contribution in [0.25, 0.3) is 21.5 Å². The first-order chi connectivity index (χ1) is 11.7. The van der Waals surface area contributed by atoms with E-state index in [0.717, 1.165) is 33.0 Å². The van der Waals surface area contributed by atoms with Crippen LogP contribution in [0.3, 0.4) is 0 Å². The second-order valence-corrected chi connectivity index (χ2v) is 6.47. The van der Waals surface area contributed by atoms with Gasteiger partial charge < -0.3 is 10.7 Å². The van der Waals surface area contributed by atoms with Gasteiger partial charge in [0.15, 0.2) is 0 Å². The number of aryl methyl sites for hydroxylation is 1. The van der Waals surface area contributed by atoms with Gasteiger partial charge in [0.1, 0.15) is 5.01 Å². The quantitative estimate of drug-likeness (QED) is 0.548. The van der Waals surface area contributed by atoms with Gasteiger partial charge in [-0.25, -0.2) is 0 Å². The Morgan fingerprint density at radius 3 is 2.83 bits per heavy atom. The minimum atomic E-state index is 0.466. The summed E-state index contributed by atoms with van der Waals surface area (Å²) in [7, 11) is 0. The summed E-state index contributed by atoms with van der Waals surface area (Å²) < 4.78 is 0. The van der Waals surface area contributed by atoms with E-state index in [0.29, 0.717) is 5.13 Å². The molecule has 0 fully saturated rings. The zero-order chi connectivity index (χ0) is 16.5. The molecule has 0 atom stereocenters. The number of rotatable bonds is 3. The number of nitrogen functional groups attached to an aromatic ring is 1. The molecule has 2 heterocycles. The van der Waals surface area contributed by atoms with Crippen molar-refractivity contribution in [3.8, 4) is 10.6 Å². The Morgan fingerprint density at radius 1 is 1.12 bits per heavy atom. The largest absolute Gasteiger partial charge is 0.374 e. The molecule has 2 aromatic heterocycles. The number of nitrogens with zero attached hydrogens (tertiary/aromatic N) is 3. The molecule has 2 aromatic carbocycles. The number of hydrogen-bond donors (Lipinski definition) is 2. The highest BCUT2D eigenvalue weighted by Gasteiger charge is 2.07. The number of para-hydroxylation sites is 1. The van der Waals surface area contributed by atoms with Gasteiger partial charge in [-0.2, -0.15) is 0 Å². The predicted octanol–water partition coefficient (Wildman–Crippen LogP) is 4.33. The summed E-state index contributed by atoms with van der Waals surface area (Å²) in [4.78, 5) is 8.01. The maximum Gasteiger partial charge on any atom is 0.203 e. The van der Waals surface area contributed by atoms with Crippen LogP contribution in [0, 0.1) is 6.92 Å². The molecule has 0 saturated heterocycles. The Balaban J connectivity index is 1.70. The third-order valence-corrected chi connectivity index (χ3v) is 4.62. The third kappa shape index (κ3) is 2.68. The molecule has 4 aromatic rings. The molecule has 0 aliphatic heterocycles. The molecule has 0 radical (unpaired) electrons. The van der Waals surface area contributed by atoms with Gasteiger partial charge in [-0.05, 0) is 25.1 Å². The highest BCUT2D eigenvalue weighted by atomic mass is 32.1. The van der Waals surface area contributed by atoms with E-state index in [-0.39, 0.29) is 0 Å². The second kappa shape index (κ2) is 5.90. The Kier molecular flexibility index (Phi) is 3.59. The highest BCUT2D eigenvalue weighted by Crippen LogP contribution is 2.28. The van der Waals surface area contributed by atoms with Crippen LogP contribution < -0.4 is 5.73 Å². The smallest absolute Gasteiger partial charge is 0.203 e. The molecule has 24 heavy (non-hydrogen) atoms. The van der Waals surface area contributed by atoms with E-state index >= 15 is 0 Å². The highest BCUT2D eigenvalue weighted by molar-refractivity contribution is 7.18. The first kappa shape index (κ1) is 14.6. The Bertz CT molecular complexity index is 1040. The lowest BCUT2D eigenvalue weighted by Gasteiger charge is -1.98. The van der Waals surface area contributed by atoms with Crippen molar-refractivity contribution >= 4 is 39.3 Å². The molecule has 6 heteroatoms. The Hall–Kier alpha value is -2.99. The van der Waals surface area contributed by atoms with Crippen molar-refractivity contribution in [1.82, 2.24) is 15.2 Å². The molecule has 5 nitrogen and oxygen atoms in total. The molecule has 0 aliphatic carbocycles. The van der Waals surface area contributed by atoms with Gasteiger partial charge in [0.25, 0.3) is 0 Å². The van der Waals surface area contributed by atoms with Crippen molar-refractivity contribution in [3.05, 3.63) is 59.8 Å². The van der Waals surface area contributed by atoms with Crippen LogP contribution in [-0.2, 0) is 0 Å². The minimum absolute atomic E-state index is 0.466. The average molecular weight is 333 g/mol. The Morgan fingerprint density at radius 2 is 2.00 bits per heavy atom. The van der Waals surface area contributed by atoms with Crippen LogP contribution in [0.2, 0.25) is 0 Å². The lowest BCUT2D eigenvalue weighted by atomic mass is 10.1. The van der Waals surface area contributed by atoms with E-state index in [4.69, 9.17) is 5.73 Å². The van der Waals surface area contributed by atoms with Gasteiger partial charge in [-0.1, -0.05) is 41.7 Å². The third-order valence-electron chi connectivity index (χ3n) is 3.82. The fourth-order valence-electron chi connectivity index (χ4n) is 2.67. The number of aromatic amines is 1. The van der Waals surface area contributed by atoms with Crippen molar-refractivity contribution in [2.45, 2.75) is 6.92 Å². The minimum Gasteiger partial charge on any atom is -0.374 e. The van der Waals surface area contributed by atoms with E-state index in [1.54, 1.807) is 0 Å². The van der Waals surface area contributed by atoms with Crippen LogP contribution >= 0.6 is 11.3 Å². The zero-order valence-corrected chi connectivity index (χ0v) is 13.8. The van der Waals surface area contributed by atoms with Gasteiger partial charge in [0.2, 0.25) is 5.13 Å². The monoisotopic (exact) mass is 333 g/mol. The number of nitrogens with two attached hydrogens (primary N) is 1. The first-order valence-electron chi connectivity index (χ1n) is 7.51. The van der Waals surface area contributed by atoms with E-state index in [2.05, 4.69) is 39.2 Å². The number of H-pyrrole nitrogens is 1. The number of anilines is 1. The number of aromatic nitrogens is 3. The standard InChI is InChI=1S/C18H15N5S/c1-11-15(14-7-2-3-8-16(14)21-11)10-20-13-6-4-5-12(9-13)17-22-23-18(19)24-17/h2-10,21H,1H3,(H2,19,23). The predicted molar refractivity (Wildman–Crippen MR) is 100 cm³/mol. The molecule has 0 spiro atoms. The maximum atomic E-state index is 5.66. The van der Waals surface area contributed by atoms with Crippen LogP contribution in [0.1, 0.15) is 11.3 Å². The molecule has 3 N–H and O–H groups in total. The average Bonchev–Trinajstić information content (AvgIpc) is 3.16. The fraction of sp³-hybridized carbons (Fsp3) is 0.0556. The topological polar surface area (TPSA) is 80.0 Å². The van der Waals surface area contributed by atoms with E-state index in [9.17, 15) is 0 Å². The van der Waals surface area contributed by atoms with E-state index in [1.165, 1.54) is 16.7 Å². The Labute approximate surface area is 142 Å². The number of aliphatic imine (C=N–C) groups is 1. The van der Waals surface area contributed by atoms with Gasteiger partial charge in [0.05, 0.1) is 5.69 Å². The maximum absolute atomic E-state index is 5.66. The number of benzene rings is 2. The van der Waals surface area contributed by atoms with Crippen LogP contribution in [0.5, 0.6) is 0 Å². The summed E-state index contributed by atoms with van der Waals surface area (Å²) in [6.45, 7) is 2.06. The summed E-state index contributed by atoms with van der Waals surface area (Å²) in [5.41, 5.74) is 10.8. The van der Waals surface area contributed by atoms with Crippen molar-refractivity contribution in [3.63, 3.8) is 0 Å². The molecule has 118 valence electrons. The normalized spacial score (nSPS) is 11.5. The SMILES string of the molecule is Cc1[nH]c2ccccc2c1C=Nc1cccc(-c2nnc(N)s2)c1. The number of nitrogens with one attached hydrogen (secondary N) is 1. The van der Waals surface area contributed by atoms with Crippen LogP contribution in [-0.4, -0.2) is 21.4 Å². The summed E-state index contributed by atoms with van der Waals surface area (Å²) in [6, 6.07) is 16.1. The van der Waals surface area contributed by atoms with E-state index in [1.807, 2.05) is 42.6 Å². The van der Waals surface area contributed by atoms with Crippen LogP contribution in [0.15, 0.2) is 53.5 Å². The molecular formula is C18H15N5S. The fourth-order valence-corrected chi connectivity index (χ4v) is 3.28. The summed E-state index contributed by atoms with van der Waals surface area (Å²) in [5, 5.41) is 10.4. The lowest BCUT2D eigenvalue weighted by molar-refractivity contribution is 1.10. The summed E-state index contributed by atoms with van der Waals surface area (Å²) >= 11 is 1.37. The molecule has 0 saturated carbocycles. The van der Waals surface area contributed by atoms with Crippen molar-refractivity contribution < 1.29 is 0 Å². The molecule has 0 amide bonds. The summed E-state index contributed by atoms with van der Waals surface area (Å²) in [5.74, 6) is 0. The van der Waals surface area contributed by atoms with Gasteiger partial charge >= 0.3 is 0 Å². The van der Waals surface area contributed by atoms with E-state index < -0.39 is 0 Å². The van der Waals surface area contributed by atoms with Crippen LogP contribution in [0.4, 0.5) is 10.8 Å². The van der Waals surface area contributed by atoms with Crippen molar-refractivity contribution in [2.24, 2.45) is 4.99 Å². The van der Waals surface area contributed by atoms with Gasteiger partial charge in [-0.15, -0.1) is 10.2 Å². The zero-order valence-electron chi connectivity index (χ0n) is 13.0. The number of fused-ring (bicyclic) bond motifs is 1. The molecule has 0 unspecified atom stereocenters. The molecule has 0 aliphatic rings. The number of hydrogen-bond acceptors (Lipinski definition) is 5. The molecule has 4 rings (SSSR count). The molecule has 0 bridgehead atoms. The second-order valence-electron chi connectivity index (χ2n) is 5.46. The first-order valence-corrected chi connectivity index (χ1v) is 8.33. The van der Waals surface area contributed by atoms with Crippen molar-refractivity contribution in [2.75, 3.05) is 5.73 Å². The van der Waals surface area contributed by atoms with Crippen molar-refractivity contribution in [1.29, 1.82) is 0 Å². The molecular weight excluding hydrogens is 318 g/mol. The lowest BCUT2D eigenvalue weighted by Crippen LogP contribution is -1.83. The summed E-state index contributed by atoms with van der Waals surface area (Å²) in [6.07, 6.45) is 1.90.